The highest BCUT2D eigenvalue weighted by atomic mass is 32.2. The average molecular weight is 335 g/mol. The van der Waals surface area contributed by atoms with Crippen molar-refractivity contribution >= 4 is 23.6 Å². The van der Waals surface area contributed by atoms with E-state index in [4.69, 9.17) is 5.11 Å². The second-order valence-electron chi connectivity index (χ2n) is 4.55. The number of carbonyl (C=O) groups is 2. The minimum Gasteiger partial charge on any atom is -0.480 e. The number of carboxylic acid groups (broad SMARTS) is 1. The van der Waals surface area contributed by atoms with E-state index in [1.165, 1.54) is 0 Å². The Morgan fingerprint density at radius 3 is 2.36 bits per heavy atom. The van der Waals surface area contributed by atoms with Gasteiger partial charge in [0, 0.05) is 6.54 Å². The number of carboxylic acids is 1. The van der Waals surface area contributed by atoms with Crippen LogP contribution in [0.2, 0.25) is 0 Å². The largest absolute Gasteiger partial charge is 0.480 e. The molecule has 0 aromatic heterocycles. The summed E-state index contributed by atoms with van der Waals surface area (Å²) in [4.78, 5) is 23.7. The van der Waals surface area contributed by atoms with E-state index in [1.54, 1.807) is 0 Å². The molecule has 0 bridgehead atoms. The van der Waals surface area contributed by atoms with Gasteiger partial charge in [-0.15, -0.1) is 11.8 Å². The SMILES string of the molecule is O=C(O)CN(CCc1ccccc1)C(=O)CSCC(F)(F)F. The number of halogens is 3. The molecular weight excluding hydrogens is 319 g/mol. The molecule has 1 N–H and O–H groups in total. The second kappa shape index (κ2) is 8.67. The van der Waals surface area contributed by atoms with Crippen molar-refractivity contribution in [2.24, 2.45) is 0 Å². The van der Waals surface area contributed by atoms with E-state index in [-0.39, 0.29) is 12.3 Å². The Labute approximate surface area is 130 Å². The van der Waals surface area contributed by atoms with E-state index in [0.717, 1.165) is 10.5 Å². The molecule has 22 heavy (non-hydrogen) atoms. The van der Waals surface area contributed by atoms with Crippen LogP contribution in [-0.2, 0) is 16.0 Å². The molecule has 0 atom stereocenters. The van der Waals surface area contributed by atoms with Crippen molar-refractivity contribution in [2.75, 3.05) is 24.6 Å². The zero-order valence-electron chi connectivity index (χ0n) is 11.7. The van der Waals surface area contributed by atoms with Crippen LogP contribution in [0.25, 0.3) is 0 Å². The number of hydrogen-bond donors (Lipinski definition) is 1. The van der Waals surface area contributed by atoms with Gasteiger partial charge in [0.2, 0.25) is 5.91 Å². The van der Waals surface area contributed by atoms with Crippen molar-refractivity contribution in [3.8, 4) is 0 Å². The van der Waals surface area contributed by atoms with E-state index >= 15 is 0 Å². The molecule has 0 radical (unpaired) electrons. The normalized spacial score (nSPS) is 11.2. The highest BCUT2D eigenvalue weighted by Crippen LogP contribution is 2.21. The number of nitrogens with zero attached hydrogens (tertiary/aromatic N) is 1. The van der Waals surface area contributed by atoms with Crippen LogP contribution in [0.1, 0.15) is 5.56 Å². The van der Waals surface area contributed by atoms with E-state index in [2.05, 4.69) is 0 Å². The molecule has 1 amide bonds. The quantitative estimate of drug-likeness (QED) is 0.793. The molecule has 0 heterocycles. The van der Waals surface area contributed by atoms with E-state index in [0.29, 0.717) is 18.2 Å². The minimum atomic E-state index is -4.34. The average Bonchev–Trinajstić information content (AvgIpc) is 2.42. The fourth-order valence-electron chi connectivity index (χ4n) is 1.71. The smallest absolute Gasteiger partial charge is 0.397 e. The van der Waals surface area contributed by atoms with E-state index < -0.39 is 30.4 Å². The van der Waals surface area contributed by atoms with Crippen molar-refractivity contribution in [1.29, 1.82) is 0 Å². The van der Waals surface area contributed by atoms with Gasteiger partial charge >= 0.3 is 12.1 Å². The first-order chi connectivity index (χ1) is 10.3. The molecule has 1 aromatic rings. The Bertz CT molecular complexity index is 494. The molecule has 122 valence electrons. The van der Waals surface area contributed by atoms with Gasteiger partial charge in [-0.1, -0.05) is 30.3 Å². The van der Waals surface area contributed by atoms with Crippen LogP contribution >= 0.6 is 11.8 Å². The Balaban J connectivity index is 2.52. The maximum Gasteiger partial charge on any atom is 0.397 e. The van der Waals surface area contributed by atoms with Crippen LogP contribution in [0.15, 0.2) is 30.3 Å². The summed E-state index contributed by atoms with van der Waals surface area (Å²) in [5.41, 5.74) is 0.925. The van der Waals surface area contributed by atoms with Gasteiger partial charge in [-0.2, -0.15) is 13.2 Å². The molecule has 4 nitrogen and oxygen atoms in total. The zero-order chi connectivity index (χ0) is 16.6. The molecule has 0 aliphatic heterocycles. The maximum absolute atomic E-state index is 12.0. The first-order valence-electron chi connectivity index (χ1n) is 6.46. The van der Waals surface area contributed by atoms with E-state index in [1.807, 2.05) is 30.3 Å². The molecule has 1 aromatic carbocycles. The lowest BCUT2D eigenvalue weighted by atomic mass is 10.1. The highest BCUT2D eigenvalue weighted by molar-refractivity contribution is 8.00. The Morgan fingerprint density at radius 1 is 1.18 bits per heavy atom. The molecule has 0 saturated heterocycles. The summed E-state index contributed by atoms with van der Waals surface area (Å²) < 4.78 is 36.1. The van der Waals surface area contributed by atoms with Gasteiger partial charge in [-0.25, -0.2) is 0 Å². The third-order valence-corrected chi connectivity index (χ3v) is 3.67. The van der Waals surface area contributed by atoms with Crippen LogP contribution < -0.4 is 0 Å². The van der Waals surface area contributed by atoms with Gasteiger partial charge in [-0.3, -0.25) is 9.59 Å². The number of hydrogen-bond acceptors (Lipinski definition) is 3. The summed E-state index contributed by atoms with van der Waals surface area (Å²) in [6.45, 7) is -0.361. The maximum atomic E-state index is 12.0. The van der Waals surface area contributed by atoms with Gasteiger partial charge in [0.05, 0.1) is 11.5 Å². The van der Waals surface area contributed by atoms with Crippen LogP contribution in [0.4, 0.5) is 13.2 Å². The Kier molecular flexibility index (Phi) is 7.23. The molecule has 0 saturated carbocycles. The standard InChI is InChI=1S/C14H16F3NO3S/c15-14(16,17)10-22-9-12(19)18(8-13(20)21)7-6-11-4-2-1-3-5-11/h1-5H,6-10H2,(H,20,21). The zero-order valence-corrected chi connectivity index (χ0v) is 12.5. The van der Waals surface area contributed by atoms with Gasteiger partial charge in [0.15, 0.2) is 0 Å². The number of carbonyl (C=O) groups excluding carboxylic acids is 1. The molecule has 0 spiro atoms. The summed E-state index contributed by atoms with van der Waals surface area (Å²) in [6.07, 6.45) is -3.89. The third kappa shape index (κ3) is 7.92. The van der Waals surface area contributed by atoms with Gasteiger partial charge in [0.1, 0.15) is 6.54 Å². The Hall–Kier alpha value is -1.70. The number of alkyl halides is 3. The number of thioether (sulfide) groups is 1. The molecule has 0 aliphatic carbocycles. The van der Waals surface area contributed by atoms with Crippen molar-refractivity contribution in [1.82, 2.24) is 4.90 Å². The molecule has 0 aliphatic rings. The van der Waals surface area contributed by atoms with Crippen molar-refractivity contribution in [3.63, 3.8) is 0 Å². The van der Waals surface area contributed by atoms with Crippen molar-refractivity contribution in [2.45, 2.75) is 12.6 Å². The molecule has 0 unspecified atom stereocenters. The lowest BCUT2D eigenvalue weighted by molar-refractivity contribution is -0.143. The van der Waals surface area contributed by atoms with Crippen LogP contribution in [-0.4, -0.2) is 52.7 Å². The number of rotatable bonds is 8. The van der Waals surface area contributed by atoms with Gasteiger partial charge < -0.3 is 10.0 Å². The molecule has 0 fully saturated rings. The lowest BCUT2D eigenvalue weighted by Crippen LogP contribution is -2.38. The Morgan fingerprint density at radius 2 is 1.82 bits per heavy atom. The topological polar surface area (TPSA) is 57.6 Å². The molecule has 1 rings (SSSR count). The van der Waals surface area contributed by atoms with Crippen LogP contribution in [0, 0.1) is 0 Å². The predicted octanol–water partition coefficient (Wildman–Crippen LogP) is 2.44. The number of amides is 1. The molecular formula is C14H16F3NO3S. The van der Waals surface area contributed by atoms with Crippen LogP contribution in [0.3, 0.4) is 0 Å². The summed E-state index contributed by atoms with van der Waals surface area (Å²) in [5.74, 6) is -3.31. The third-order valence-electron chi connectivity index (χ3n) is 2.68. The van der Waals surface area contributed by atoms with Gasteiger partial charge in [0.25, 0.3) is 0 Å². The summed E-state index contributed by atoms with van der Waals surface area (Å²) in [7, 11) is 0. The number of benzene rings is 1. The fraction of sp³-hybridized carbons (Fsp3) is 0.429. The fourth-order valence-corrected chi connectivity index (χ4v) is 2.40. The van der Waals surface area contributed by atoms with Crippen molar-refractivity contribution < 1.29 is 27.9 Å². The first kappa shape index (κ1) is 18.3. The minimum absolute atomic E-state index is 0.154. The van der Waals surface area contributed by atoms with Gasteiger partial charge in [-0.05, 0) is 12.0 Å². The molecule has 8 heteroatoms. The van der Waals surface area contributed by atoms with E-state index in [9.17, 15) is 22.8 Å². The number of aliphatic carboxylic acids is 1. The summed E-state index contributed by atoms with van der Waals surface area (Å²) in [5, 5.41) is 8.80. The predicted molar refractivity (Wildman–Crippen MR) is 77.7 cm³/mol. The lowest BCUT2D eigenvalue weighted by Gasteiger charge is -2.20. The summed E-state index contributed by atoms with van der Waals surface area (Å²) in [6, 6.07) is 9.14. The first-order valence-corrected chi connectivity index (χ1v) is 7.61. The van der Waals surface area contributed by atoms with Crippen molar-refractivity contribution in [3.05, 3.63) is 35.9 Å². The van der Waals surface area contributed by atoms with Crippen LogP contribution in [0.5, 0.6) is 0 Å². The highest BCUT2D eigenvalue weighted by Gasteiger charge is 2.28. The summed E-state index contributed by atoms with van der Waals surface area (Å²) >= 11 is 0.436. The monoisotopic (exact) mass is 335 g/mol. The second-order valence-corrected chi connectivity index (χ2v) is 5.54.